The Labute approximate surface area is 298 Å². The topological polar surface area (TPSA) is 36.7 Å². The average molecular weight is 649 g/mol. The van der Waals surface area contributed by atoms with E-state index in [1.54, 1.807) is 0 Å². The maximum Gasteiger partial charge on any atom is 0.0991 e. The van der Waals surface area contributed by atoms with E-state index in [2.05, 4.69) is 163 Å². The number of benzene rings is 7. The lowest BCUT2D eigenvalue weighted by Gasteiger charge is -2.34. The number of fused-ring (bicyclic) bond motifs is 3. The number of hydrogen-bond donors (Lipinski definition) is 0. The molecule has 0 radical (unpaired) electrons. The molecule has 1 aliphatic carbocycles. The SMILES string of the molecule is N#Cc1cccc(-c2ccc(-c3c(-c4ccc(-c5ccccn5)cc4)ccc4c3-c3ccccc3C4(c3ccccc3)c3ccccc3)cc2)c1. The first-order chi connectivity index (χ1) is 25.3. The fraction of sp³-hybridized carbons (Fsp3) is 0.0204. The molecule has 0 amide bonds. The smallest absolute Gasteiger partial charge is 0.0991 e. The molecule has 0 N–H and O–H groups in total. The van der Waals surface area contributed by atoms with Crippen LogP contribution in [0.3, 0.4) is 0 Å². The van der Waals surface area contributed by atoms with E-state index in [0.29, 0.717) is 5.56 Å². The summed E-state index contributed by atoms with van der Waals surface area (Å²) in [5.74, 6) is 0. The van der Waals surface area contributed by atoms with Crippen LogP contribution < -0.4 is 0 Å². The molecule has 0 atom stereocenters. The van der Waals surface area contributed by atoms with Gasteiger partial charge in [-0.05, 0) is 91.0 Å². The molecule has 7 aromatic carbocycles. The highest BCUT2D eigenvalue weighted by Gasteiger charge is 2.47. The molecular weight excluding hydrogens is 617 g/mol. The number of pyridine rings is 1. The molecule has 0 saturated heterocycles. The molecule has 0 aliphatic heterocycles. The monoisotopic (exact) mass is 648 g/mol. The van der Waals surface area contributed by atoms with Gasteiger partial charge in [-0.25, -0.2) is 0 Å². The zero-order chi connectivity index (χ0) is 34.2. The van der Waals surface area contributed by atoms with Crippen LogP contribution in [0, 0.1) is 11.3 Å². The van der Waals surface area contributed by atoms with Crippen molar-refractivity contribution in [2.75, 3.05) is 0 Å². The van der Waals surface area contributed by atoms with Gasteiger partial charge in [0.15, 0.2) is 0 Å². The molecule has 238 valence electrons. The van der Waals surface area contributed by atoms with E-state index in [-0.39, 0.29) is 0 Å². The molecule has 1 aromatic heterocycles. The fourth-order valence-electron chi connectivity index (χ4n) is 8.03. The molecule has 8 aromatic rings. The molecular formula is C49H32N2. The maximum absolute atomic E-state index is 9.55. The summed E-state index contributed by atoms with van der Waals surface area (Å²) in [6.07, 6.45) is 1.84. The molecule has 2 nitrogen and oxygen atoms in total. The number of nitriles is 1. The number of nitrogens with zero attached hydrogens (tertiary/aromatic N) is 2. The van der Waals surface area contributed by atoms with Crippen LogP contribution in [0.25, 0.3) is 55.8 Å². The van der Waals surface area contributed by atoms with Crippen molar-refractivity contribution in [2.45, 2.75) is 5.41 Å². The first-order valence-electron chi connectivity index (χ1n) is 17.3. The Kier molecular flexibility index (Phi) is 7.46. The van der Waals surface area contributed by atoms with Gasteiger partial charge in [0.1, 0.15) is 0 Å². The third kappa shape index (κ3) is 4.99. The molecule has 9 rings (SSSR count). The summed E-state index contributed by atoms with van der Waals surface area (Å²) in [7, 11) is 0. The second-order valence-corrected chi connectivity index (χ2v) is 13.0. The molecule has 1 aliphatic rings. The molecule has 0 spiro atoms. The predicted molar refractivity (Wildman–Crippen MR) is 208 cm³/mol. The van der Waals surface area contributed by atoms with Gasteiger partial charge in [0.05, 0.1) is 22.7 Å². The minimum absolute atomic E-state index is 0.498. The van der Waals surface area contributed by atoms with Gasteiger partial charge in [0, 0.05) is 11.8 Å². The van der Waals surface area contributed by atoms with Gasteiger partial charge in [-0.1, -0.05) is 164 Å². The summed E-state index contributed by atoms with van der Waals surface area (Å²) >= 11 is 0. The van der Waals surface area contributed by atoms with Crippen molar-refractivity contribution in [3.8, 4) is 61.8 Å². The number of aromatic nitrogens is 1. The Morgan fingerprint density at radius 2 is 1.04 bits per heavy atom. The van der Waals surface area contributed by atoms with Crippen LogP contribution in [-0.4, -0.2) is 4.98 Å². The van der Waals surface area contributed by atoms with E-state index >= 15 is 0 Å². The highest BCUT2D eigenvalue weighted by atomic mass is 14.7. The van der Waals surface area contributed by atoms with Crippen LogP contribution in [0.5, 0.6) is 0 Å². The summed E-state index contributed by atoms with van der Waals surface area (Å²) in [5, 5.41) is 9.55. The van der Waals surface area contributed by atoms with E-state index in [9.17, 15) is 5.26 Å². The molecule has 0 saturated carbocycles. The van der Waals surface area contributed by atoms with E-state index < -0.39 is 5.41 Å². The Morgan fingerprint density at radius 3 is 1.73 bits per heavy atom. The minimum atomic E-state index is -0.498. The van der Waals surface area contributed by atoms with Gasteiger partial charge in [-0.15, -0.1) is 0 Å². The van der Waals surface area contributed by atoms with Gasteiger partial charge in [-0.2, -0.15) is 5.26 Å². The summed E-state index contributed by atoms with van der Waals surface area (Å²) in [4.78, 5) is 4.59. The van der Waals surface area contributed by atoms with Gasteiger partial charge < -0.3 is 0 Å². The summed E-state index contributed by atoms with van der Waals surface area (Å²) in [5.41, 5.74) is 16.5. The first-order valence-corrected chi connectivity index (χ1v) is 17.3. The van der Waals surface area contributed by atoms with Crippen molar-refractivity contribution in [1.82, 2.24) is 4.98 Å². The van der Waals surface area contributed by atoms with Crippen LogP contribution in [0.2, 0.25) is 0 Å². The van der Waals surface area contributed by atoms with E-state index in [0.717, 1.165) is 33.5 Å². The third-order valence-electron chi connectivity index (χ3n) is 10.3. The van der Waals surface area contributed by atoms with Crippen LogP contribution in [0.1, 0.15) is 27.8 Å². The number of hydrogen-bond acceptors (Lipinski definition) is 2. The highest BCUT2D eigenvalue weighted by Crippen LogP contribution is 2.59. The first kappa shape index (κ1) is 30.3. The zero-order valence-electron chi connectivity index (χ0n) is 27.9. The maximum atomic E-state index is 9.55. The van der Waals surface area contributed by atoms with Crippen molar-refractivity contribution in [2.24, 2.45) is 0 Å². The zero-order valence-corrected chi connectivity index (χ0v) is 27.9. The lowest BCUT2D eigenvalue weighted by atomic mass is 9.67. The van der Waals surface area contributed by atoms with Crippen molar-refractivity contribution in [1.29, 1.82) is 5.26 Å². The van der Waals surface area contributed by atoms with Crippen LogP contribution in [-0.2, 0) is 5.41 Å². The fourth-order valence-corrected chi connectivity index (χ4v) is 8.03. The Morgan fingerprint density at radius 1 is 0.412 bits per heavy atom. The largest absolute Gasteiger partial charge is 0.256 e. The van der Waals surface area contributed by atoms with Crippen LogP contribution in [0.4, 0.5) is 0 Å². The van der Waals surface area contributed by atoms with Gasteiger partial charge >= 0.3 is 0 Å². The van der Waals surface area contributed by atoms with E-state index in [1.165, 1.54) is 44.5 Å². The molecule has 0 fully saturated rings. The second-order valence-electron chi connectivity index (χ2n) is 13.0. The van der Waals surface area contributed by atoms with Crippen LogP contribution in [0.15, 0.2) is 194 Å². The van der Waals surface area contributed by atoms with E-state index in [4.69, 9.17) is 0 Å². The van der Waals surface area contributed by atoms with Crippen molar-refractivity contribution >= 4 is 0 Å². The quantitative estimate of drug-likeness (QED) is 0.180. The minimum Gasteiger partial charge on any atom is -0.256 e. The van der Waals surface area contributed by atoms with Crippen molar-refractivity contribution < 1.29 is 0 Å². The highest BCUT2D eigenvalue weighted by molar-refractivity contribution is 6.02. The lowest BCUT2D eigenvalue weighted by molar-refractivity contribution is 0.768. The molecule has 2 heteroatoms. The van der Waals surface area contributed by atoms with E-state index in [1.807, 2.05) is 42.6 Å². The predicted octanol–water partition coefficient (Wildman–Crippen LogP) is 12.0. The van der Waals surface area contributed by atoms with Crippen molar-refractivity contribution in [3.05, 3.63) is 222 Å². The van der Waals surface area contributed by atoms with Gasteiger partial charge in [-0.3, -0.25) is 4.98 Å². The Bertz CT molecular complexity index is 2510. The standard InChI is InChI=1S/C49H32N2/c50-33-34-12-11-13-39(32-34)35-21-27-38(28-22-35)47-42(36-23-25-37(26-24-36)46-20-9-10-31-51-46)29-30-45-48(47)43-18-7-8-19-44(43)49(45,40-14-3-1-4-15-40)41-16-5-2-6-17-41/h1-32H. The Hall–Kier alpha value is -6.82. The lowest BCUT2D eigenvalue weighted by Crippen LogP contribution is -2.28. The van der Waals surface area contributed by atoms with Gasteiger partial charge in [0.25, 0.3) is 0 Å². The number of rotatable bonds is 6. The van der Waals surface area contributed by atoms with Crippen LogP contribution >= 0.6 is 0 Å². The molecule has 0 bridgehead atoms. The summed E-state index contributed by atoms with van der Waals surface area (Å²) < 4.78 is 0. The van der Waals surface area contributed by atoms with Gasteiger partial charge in [0.2, 0.25) is 0 Å². The molecule has 0 unspecified atom stereocenters. The summed E-state index contributed by atoms with van der Waals surface area (Å²) in [6, 6.07) is 69.3. The summed E-state index contributed by atoms with van der Waals surface area (Å²) in [6.45, 7) is 0. The average Bonchev–Trinajstić information content (AvgIpc) is 3.53. The molecule has 1 heterocycles. The normalized spacial score (nSPS) is 12.5. The van der Waals surface area contributed by atoms with Crippen molar-refractivity contribution in [3.63, 3.8) is 0 Å². The third-order valence-corrected chi connectivity index (χ3v) is 10.3. The second kappa shape index (κ2) is 12.6. The molecule has 51 heavy (non-hydrogen) atoms. The Balaban J connectivity index is 1.32.